The zero-order chi connectivity index (χ0) is 20.0. The van der Waals surface area contributed by atoms with Crippen molar-refractivity contribution in [2.45, 2.75) is 47.1 Å². The van der Waals surface area contributed by atoms with E-state index in [0.717, 1.165) is 56.0 Å². The quantitative estimate of drug-likeness (QED) is 0.506. The van der Waals surface area contributed by atoms with E-state index in [1.165, 1.54) is 15.4 Å². The van der Waals surface area contributed by atoms with E-state index in [2.05, 4.69) is 36.6 Å². The molecule has 1 saturated heterocycles. The van der Waals surface area contributed by atoms with Gasteiger partial charge in [-0.05, 0) is 45.2 Å². The van der Waals surface area contributed by atoms with E-state index >= 15 is 0 Å². The van der Waals surface area contributed by atoms with E-state index in [0.29, 0.717) is 6.54 Å². The van der Waals surface area contributed by atoms with Crippen LogP contribution in [0.25, 0.3) is 0 Å². The van der Waals surface area contributed by atoms with Crippen molar-refractivity contribution >= 4 is 17.5 Å². The molecule has 27 heavy (non-hydrogen) atoms. The van der Waals surface area contributed by atoms with E-state index in [1.54, 1.807) is 0 Å². The molecule has 1 atom stereocenters. The number of quaternary nitrogens is 2. The summed E-state index contributed by atoms with van der Waals surface area (Å²) >= 11 is 0. The normalized spacial score (nSPS) is 20.8. The van der Waals surface area contributed by atoms with E-state index in [4.69, 9.17) is 0 Å². The molecular formula is C21H36N4O2+2. The zero-order valence-electron chi connectivity index (χ0n) is 17.5. The maximum Gasteiger partial charge on any atom is 0.282 e. The van der Waals surface area contributed by atoms with Crippen molar-refractivity contribution < 1.29 is 19.4 Å². The van der Waals surface area contributed by atoms with Crippen LogP contribution in [-0.2, 0) is 9.59 Å². The standard InChI is InChI=1S/C21H34N4O2/c1-6-7-22-19(26)14-24-8-10-25(11-9-24)18(5)21(27)23-20-16(3)12-15(2)13-17(20)4/h12-13,18H,6-11,14H2,1-5H3,(H,22,26)(H,23,27)/p+2/t18-/m1/s1. The molecule has 150 valence electrons. The van der Waals surface area contributed by atoms with Crippen molar-refractivity contribution in [1.29, 1.82) is 0 Å². The minimum absolute atomic E-state index is 0.0733. The summed E-state index contributed by atoms with van der Waals surface area (Å²) in [4.78, 5) is 27.3. The number of hydrogen-bond acceptors (Lipinski definition) is 2. The summed E-state index contributed by atoms with van der Waals surface area (Å²) < 4.78 is 0. The average Bonchev–Trinajstić information content (AvgIpc) is 2.62. The number of rotatable bonds is 7. The lowest BCUT2D eigenvalue weighted by atomic mass is 10.0. The molecule has 1 aliphatic rings. The molecule has 0 aromatic heterocycles. The maximum atomic E-state index is 12.8. The molecule has 0 aliphatic carbocycles. The smallest absolute Gasteiger partial charge is 0.282 e. The molecule has 4 N–H and O–H groups in total. The van der Waals surface area contributed by atoms with Gasteiger partial charge >= 0.3 is 0 Å². The summed E-state index contributed by atoms with van der Waals surface area (Å²) in [6.07, 6.45) is 0.964. The predicted octanol–water partition coefficient (Wildman–Crippen LogP) is -0.752. The summed E-state index contributed by atoms with van der Waals surface area (Å²) in [5.74, 6) is 0.204. The molecule has 6 heteroatoms. The van der Waals surface area contributed by atoms with Crippen LogP contribution in [-0.4, -0.2) is 57.1 Å². The Labute approximate surface area is 163 Å². The number of carbonyl (C=O) groups excluding carboxylic acids is 2. The molecule has 1 aromatic rings. The molecular weight excluding hydrogens is 340 g/mol. The van der Waals surface area contributed by atoms with Crippen molar-refractivity contribution in [3.05, 3.63) is 28.8 Å². The zero-order valence-corrected chi connectivity index (χ0v) is 17.5. The van der Waals surface area contributed by atoms with Crippen LogP contribution < -0.4 is 20.4 Å². The fourth-order valence-electron chi connectivity index (χ4n) is 3.88. The number of aryl methyl sites for hydroxylation is 3. The Morgan fingerprint density at radius 3 is 2.22 bits per heavy atom. The molecule has 0 radical (unpaired) electrons. The molecule has 0 bridgehead atoms. The Balaban J connectivity index is 1.85. The van der Waals surface area contributed by atoms with Gasteiger partial charge in [-0.15, -0.1) is 0 Å². The highest BCUT2D eigenvalue weighted by Crippen LogP contribution is 2.21. The number of carbonyl (C=O) groups is 2. The second-order valence-corrected chi connectivity index (χ2v) is 7.92. The second-order valence-electron chi connectivity index (χ2n) is 7.92. The SMILES string of the molecule is CCCNC(=O)C[NH+]1CC[NH+]([C@H](C)C(=O)Nc2c(C)cc(C)cc2C)CC1. The number of piperazine rings is 1. The molecule has 0 unspecified atom stereocenters. The van der Waals surface area contributed by atoms with Crippen LogP contribution in [0.5, 0.6) is 0 Å². The van der Waals surface area contributed by atoms with Crippen LogP contribution in [0.1, 0.15) is 37.0 Å². The molecule has 2 rings (SSSR count). The monoisotopic (exact) mass is 376 g/mol. The number of hydrogen-bond donors (Lipinski definition) is 4. The fourth-order valence-corrected chi connectivity index (χ4v) is 3.88. The minimum atomic E-state index is -0.0967. The number of nitrogens with one attached hydrogen (secondary N) is 4. The van der Waals surface area contributed by atoms with E-state index in [1.807, 2.05) is 20.8 Å². The number of benzene rings is 1. The van der Waals surface area contributed by atoms with Crippen LogP contribution in [0.4, 0.5) is 5.69 Å². The van der Waals surface area contributed by atoms with Crippen LogP contribution >= 0.6 is 0 Å². The van der Waals surface area contributed by atoms with Crippen molar-refractivity contribution in [1.82, 2.24) is 5.32 Å². The van der Waals surface area contributed by atoms with Crippen molar-refractivity contribution in [3.63, 3.8) is 0 Å². The number of amides is 2. The third-order valence-corrected chi connectivity index (χ3v) is 5.51. The molecule has 6 nitrogen and oxygen atoms in total. The Kier molecular flexibility index (Phi) is 7.80. The molecule has 1 heterocycles. The van der Waals surface area contributed by atoms with Crippen LogP contribution in [0.3, 0.4) is 0 Å². The largest absolute Gasteiger partial charge is 0.351 e. The van der Waals surface area contributed by atoms with Gasteiger partial charge in [0, 0.05) is 12.2 Å². The Morgan fingerprint density at radius 2 is 1.67 bits per heavy atom. The van der Waals surface area contributed by atoms with Gasteiger partial charge in [-0.25, -0.2) is 0 Å². The second kappa shape index (κ2) is 9.85. The molecule has 1 aromatic carbocycles. The van der Waals surface area contributed by atoms with Crippen molar-refractivity contribution in [2.24, 2.45) is 0 Å². The molecule has 0 saturated carbocycles. The van der Waals surface area contributed by atoms with E-state index in [-0.39, 0.29) is 17.9 Å². The van der Waals surface area contributed by atoms with E-state index in [9.17, 15) is 9.59 Å². The first-order valence-corrected chi connectivity index (χ1v) is 10.1. The van der Waals surface area contributed by atoms with Gasteiger partial charge in [0.05, 0.1) is 0 Å². The van der Waals surface area contributed by atoms with Gasteiger partial charge in [0.25, 0.3) is 11.8 Å². The fraction of sp³-hybridized carbons (Fsp3) is 0.619. The molecule has 1 aliphatic heterocycles. The highest BCUT2D eigenvalue weighted by molar-refractivity contribution is 5.95. The summed E-state index contributed by atoms with van der Waals surface area (Å²) in [5, 5.41) is 6.08. The first kappa shape index (κ1) is 21.4. The van der Waals surface area contributed by atoms with Gasteiger partial charge in [-0.1, -0.05) is 24.6 Å². The third kappa shape index (κ3) is 6.04. The number of anilines is 1. The Bertz CT molecular complexity index is 643. The van der Waals surface area contributed by atoms with Gasteiger partial charge in [-0.3, -0.25) is 9.59 Å². The first-order chi connectivity index (χ1) is 12.8. The summed E-state index contributed by atoms with van der Waals surface area (Å²) in [6.45, 7) is 15.2. The highest BCUT2D eigenvalue weighted by Gasteiger charge is 2.32. The molecule has 2 amide bonds. The summed E-state index contributed by atoms with van der Waals surface area (Å²) in [7, 11) is 0. The van der Waals surface area contributed by atoms with Gasteiger partial charge in [0.1, 0.15) is 26.2 Å². The predicted molar refractivity (Wildman–Crippen MR) is 108 cm³/mol. The van der Waals surface area contributed by atoms with Gasteiger partial charge in [-0.2, -0.15) is 0 Å². The van der Waals surface area contributed by atoms with Gasteiger partial charge in [0.15, 0.2) is 12.6 Å². The first-order valence-electron chi connectivity index (χ1n) is 10.1. The third-order valence-electron chi connectivity index (χ3n) is 5.51. The minimum Gasteiger partial charge on any atom is -0.351 e. The lowest BCUT2D eigenvalue weighted by Gasteiger charge is -2.32. The lowest BCUT2D eigenvalue weighted by molar-refractivity contribution is -1.01. The Hall–Kier alpha value is -1.92. The average molecular weight is 377 g/mol. The molecule has 0 spiro atoms. The Morgan fingerprint density at radius 1 is 1.07 bits per heavy atom. The lowest BCUT2D eigenvalue weighted by Crippen LogP contribution is -3.30. The van der Waals surface area contributed by atoms with E-state index < -0.39 is 0 Å². The van der Waals surface area contributed by atoms with Crippen molar-refractivity contribution in [2.75, 3.05) is 44.6 Å². The van der Waals surface area contributed by atoms with Crippen LogP contribution in [0.15, 0.2) is 12.1 Å². The topological polar surface area (TPSA) is 67.1 Å². The van der Waals surface area contributed by atoms with Crippen molar-refractivity contribution in [3.8, 4) is 0 Å². The van der Waals surface area contributed by atoms with Gasteiger partial charge < -0.3 is 20.4 Å². The summed E-state index contributed by atoms with van der Waals surface area (Å²) in [5.41, 5.74) is 4.36. The highest BCUT2D eigenvalue weighted by atomic mass is 16.2. The van der Waals surface area contributed by atoms with Crippen LogP contribution in [0, 0.1) is 20.8 Å². The van der Waals surface area contributed by atoms with Gasteiger partial charge in [0.2, 0.25) is 0 Å². The molecule has 1 fully saturated rings. The summed E-state index contributed by atoms with van der Waals surface area (Å²) in [6, 6.07) is 4.11. The van der Waals surface area contributed by atoms with Crippen LogP contribution in [0.2, 0.25) is 0 Å². The maximum absolute atomic E-state index is 12.8.